The van der Waals surface area contributed by atoms with Crippen LogP contribution in [0.15, 0.2) is 23.0 Å². The van der Waals surface area contributed by atoms with E-state index in [0.717, 1.165) is 17.1 Å². The van der Waals surface area contributed by atoms with Gasteiger partial charge in [0.25, 0.3) is 5.56 Å². The number of aromatic amines is 1. The second-order valence-electron chi connectivity index (χ2n) is 6.82. The molecule has 1 aromatic carbocycles. The van der Waals surface area contributed by atoms with Crippen molar-refractivity contribution in [1.29, 1.82) is 0 Å². The maximum atomic E-state index is 12.6. The van der Waals surface area contributed by atoms with Crippen LogP contribution in [0.3, 0.4) is 0 Å². The summed E-state index contributed by atoms with van der Waals surface area (Å²) in [5.74, 6) is 1.65. The molecule has 2 aromatic heterocycles. The zero-order valence-electron chi connectivity index (χ0n) is 16.4. The molecule has 0 fully saturated rings. The van der Waals surface area contributed by atoms with Crippen molar-refractivity contribution < 1.29 is 24.3 Å². The van der Waals surface area contributed by atoms with Crippen molar-refractivity contribution >= 4 is 27.5 Å². The van der Waals surface area contributed by atoms with Crippen LogP contribution in [0.4, 0.5) is 0 Å². The fourth-order valence-corrected chi connectivity index (χ4v) is 4.34. The highest BCUT2D eigenvalue weighted by molar-refractivity contribution is 7.20. The number of benzene rings is 1. The molecule has 1 atom stereocenters. The highest BCUT2D eigenvalue weighted by Gasteiger charge is 2.22. The van der Waals surface area contributed by atoms with E-state index in [1.807, 2.05) is 25.1 Å². The lowest BCUT2D eigenvalue weighted by Crippen LogP contribution is -2.83. The first-order valence-corrected chi connectivity index (χ1v) is 10.2. The lowest BCUT2D eigenvalue weighted by Gasteiger charge is -2.10. The Balaban J connectivity index is 1.55. The molecule has 0 saturated heterocycles. The number of rotatable bonds is 6. The van der Waals surface area contributed by atoms with Gasteiger partial charge in [-0.05, 0) is 44.5 Å². The van der Waals surface area contributed by atoms with Crippen molar-refractivity contribution in [3.05, 3.63) is 50.4 Å². The summed E-state index contributed by atoms with van der Waals surface area (Å²) in [4.78, 5) is 33.2. The molecule has 0 radical (unpaired) electrons. The second-order valence-corrected chi connectivity index (χ2v) is 7.82. The van der Waals surface area contributed by atoms with Crippen molar-refractivity contribution in [2.75, 3.05) is 13.4 Å². The van der Waals surface area contributed by atoms with Crippen LogP contribution in [0, 0.1) is 6.92 Å². The molecule has 3 heterocycles. The quantitative estimate of drug-likeness (QED) is 0.596. The van der Waals surface area contributed by atoms with E-state index in [4.69, 9.17) is 14.2 Å². The average Bonchev–Trinajstić information content (AvgIpc) is 3.30. The molecule has 152 valence electrons. The Labute approximate surface area is 170 Å². The minimum atomic E-state index is -0.420. The van der Waals surface area contributed by atoms with E-state index in [1.54, 1.807) is 13.8 Å². The number of hydrogen-bond donors (Lipinski definition) is 2. The maximum Gasteiger partial charge on any atom is 0.348 e. The fourth-order valence-electron chi connectivity index (χ4n) is 3.26. The number of ether oxygens (including phenoxy) is 3. The zero-order valence-corrected chi connectivity index (χ0v) is 17.2. The number of nitrogens with one attached hydrogen (secondary N) is 1. The molecule has 0 bridgehead atoms. The number of quaternary nitrogens is 1. The van der Waals surface area contributed by atoms with E-state index in [9.17, 15) is 9.59 Å². The van der Waals surface area contributed by atoms with Gasteiger partial charge in [-0.3, -0.25) is 4.79 Å². The van der Waals surface area contributed by atoms with Gasteiger partial charge in [0.1, 0.15) is 22.3 Å². The normalized spacial score (nSPS) is 13.6. The molecular formula is C20H22N3O5S+. The van der Waals surface area contributed by atoms with E-state index < -0.39 is 5.97 Å². The first-order valence-electron chi connectivity index (χ1n) is 9.40. The van der Waals surface area contributed by atoms with Gasteiger partial charge in [0.2, 0.25) is 6.79 Å². The highest BCUT2D eigenvalue weighted by atomic mass is 32.1. The number of esters is 1. The lowest BCUT2D eigenvalue weighted by molar-refractivity contribution is -0.709. The molecule has 0 saturated carbocycles. The first-order chi connectivity index (χ1) is 14.0. The van der Waals surface area contributed by atoms with Crippen LogP contribution in [-0.4, -0.2) is 29.3 Å². The smallest absolute Gasteiger partial charge is 0.348 e. The van der Waals surface area contributed by atoms with Crippen LogP contribution in [-0.2, 0) is 11.3 Å². The van der Waals surface area contributed by atoms with Crippen LogP contribution in [0.1, 0.15) is 46.5 Å². The highest BCUT2D eigenvalue weighted by Crippen LogP contribution is 2.32. The number of carbonyl (C=O) groups excluding carboxylic acids is 1. The second kappa shape index (κ2) is 7.84. The minimum Gasteiger partial charge on any atom is -0.462 e. The summed E-state index contributed by atoms with van der Waals surface area (Å²) in [5.41, 5.74) is 1.46. The van der Waals surface area contributed by atoms with E-state index in [0.29, 0.717) is 33.0 Å². The summed E-state index contributed by atoms with van der Waals surface area (Å²) >= 11 is 1.20. The molecule has 0 unspecified atom stereocenters. The summed E-state index contributed by atoms with van der Waals surface area (Å²) in [6.45, 7) is 6.70. The van der Waals surface area contributed by atoms with Crippen LogP contribution < -0.4 is 20.3 Å². The molecule has 3 N–H and O–H groups in total. The van der Waals surface area contributed by atoms with Crippen LogP contribution >= 0.6 is 11.3 Å². The third kappa shape index (κ3) is 3.70. The Morgan fingerprint density at radius 2 is 2.17 bits per heavy atom. The number of H-pyrrole nitrogens is 1. The van der Waals surface area contributed by atoms with Crippen LogP contribution in [0.5, 0.6) is 11.5 Å². The number of carbonyl (C=O) groups is 1. The Bertz CT molecular complexity index is 1140. The summed E-state index contributed by atoms with van der Waals surface area (Å²) in [5, 5.41) is 2.53. The van der Waals surface area contributed by atoms with Crippen molar-refractivity contribution in [3.8, 4) is 11.5 Å². The molecule has 0 amide bonds. The van der Waals surface area contributed by atoms with Gasteiger partial charge in [0.05, 0.1) is 12.0 Å². The third-order valence-electron chi connectivity index (χ3n) is 4.86. The van der Waals surface area contributed by atoms with Crippen LogP contribution in [0.25, 0.3) is 10.2 Å². The largest absolute Gasteiger partial charge is 0.462 e. The van der Waals surface area contributed by atoms with E-state index in [-0.39, 0.29) is 25.0 Å². The number of nitrogens with two attached hydrogens (primary N) is 1. The SMILES string of the molecule is CCOC(=O)c1sc2nc([C@H](C)[NH2+]Cc3ccc4c(c3)OCO4)[nH]c(=O)c2c1C. The van der Waals surface area contributed by atoms with E-state index in [2.05, 4.69) is 15.3 Å². The van der Waals surface area contributed by atoms with E-state index >= 15 is 0 Å². The van der Waals surface area contributed by atoms with Crippen molar-refractivity contribution in [1.82, 2.24) is 9.97 Å². The van der Waals surface area contributed by atoms with Crippen molar-refractivity contribution in [2.24, 2.45) is 0 Å². The Kier molecular flexibility index (Phi) is 5.25. The number of hydrogen-bond acceptors (Lipinski definition) is 7. The Morgan fingerprint density at radius 3 is 2.97 bits per heavy atom. The van der Waals surface area contributed by atoms with Gasteiger partial charge in [-0.1, -0.05) is 0 Å². The van der Waals surface area contributed by atoms with E-state index in [1.165, 1.54) is 11.3 Å². The predicted octanol–water partition coefficient (Wildman–Crippen LogP) is 2.02. The Hall–Kier alpha value is -2.91. The topological polar surface area (TPSA) is 107 Å². The molecule has 4 rings (SSSR count). The third-order valence-corrected chi connectivity index (χ3v) is 6.02. The number of thiophene rings is 1. The Morgan fingerprint density at radius 1 is 1.38 bits per heavy atom. The molecule has 0 spiro atoms. The molecule has 29 heavy (non-hydrogen) atoms. The van der Waals surface area contributed by atoms with Gasteiger partial charge in [-0.2, -0.15) is 0 Å². The molecule has 1 aliphatic heterocycles. The molecule has 1 aliphatic rings. The number of nitrogens with zero attached hydrogens (tertiary/aromatic N) is 1. The van der Waals surface area contributed by atoms with Crippen molar-refractivity contribution in [2.45, 2.75) is 33.4 Å². The summed E-state index contributed by atoms with van der Waals surface area (Å²) in [7, 11) is 0. The average molecular weight is 416 g/mol. The summed E-state index contributed by atoms with van der Waals surface area (Å²) in [6.07, 6.45) is 0. The van der Waals surface area contributed by atoms with Gasteiger partial charge in [-0.15, -0.1) is 11.3 Å². The molecular weight excluding hydrogens is 394 g/mol. The summed E-state index contributed by atoms with van der Waals surface area (Å²) < 4.78 is 15.8. The molecule has 0 aliphatic carbocycles. The fraction of sp³-hybridized carbons (Fsp3) is 0.350. The molecule has 3 aromatic rings. The number of fused-ring (bicyclic) bond motifs is 2. The molecule has 8 nitrogen and oxygen atoms in total. The first kappa shape index (κ1) is 19.4. The van der Waals surface area contributed by atoms with Gasteiger partial charge < -0.3 is 24.5 Å². The van der Waals surface area contributed by atoms with Gasteiger partial charge in [0, 0.05) is 5.56 Å². The van der Waals surface area contributed by atoms with Gasteiger partial charge in [0.15, 0.2) is 17.3 Å². The molecule has 9 heteroatoms. The lowest BCUT2D eigenvalue weighted by atomic mass is 10.2. The minimum absolute atomic E-state index is 0.0778. The maximum absolute atomic E-state index is 12.6. The zero-order chi connectivity index (χ0) is 20.5. The summed E-state index contributed by atoms with van der Waals surface area (Å²) in [6, 6.07) is 5.77. The van der Waals surface area contributed by atoms with Gasteiger partial charge >= 0.3 is 5.97 Å². The van der Waals surface area contributed by atoms with Crippen LogP contribution in [0.2, 0.25) is 0 Å². The monoisotopic (exact) mass is 416 g/mol. The predicted molar refractivity (Wildman–Crippen MR) is 108 cm³/mol. The number of aromatic nitrogens is 2. The van der Waals surface area contributed by atoms with Crippen molar-refractivity contribution in [3.63, 3.8) is 0 Å². The standard InChI is InChI=1S/C20H21N3O5S/c1-4-26-20(25)16-10(2)15-18(24)22-17(23-19(15)29-16)11(3)21-8-12-5-6-13-14(7-12)28-9-27-13/h5-7,11,21H,4,8-9H2,1-3H3,(H,22,23,24)/p+1/t11-/m0/s1. The number of aryl methyl sites for hydroxylation is 1. The van der Waals surface area contributed by atoms with Gasteiger partial charge in [-0.25, -0.2) is 9.78 Å².